The molecule has 1 saturated heterocycles. The third kappa shape index (κ3) is 2.93. The maximum Gasteiger partial charge on any atom is 0.272 e. The largest absolute Gasteiger partial charge is 0.396 e. The minimum atomic E-state index is -0.579. The third-order valence-electron chi connectivity index (χ3n) is 4.29. The molecule has 2 heterocycles. The van der Waals surface area contributed by atoms with Crippen LogP contribution >= 0.6 is 0 Å². The molecule has 1 aromatic heterocycles. The number of nitrogens with zero attached hydrogens (tertiary/aromatic N) is 2. The van der Waals surface area contributed by atoms with Gasteiger partial charge in [-0.15, -0.1) is 0 Å². The number of amides is 1. The van der Waals surface area contributed by atoms with Gasteiger partial charge in [-0.1, -0.05) is 30.3 Å². The number of H-pyrrole nitrogens is 1. The van der Waals surface area contributed by atoms with E-state index >= 15 is 0 Å². The fourth-order valence-electron chi connectivity index (χ4n) is 2.95. The molecule has 23 heavy (non-hydrogen) atoms. The Hall–Kier alpha value is -2.38. The van der Waals surface area contributed by atoms with Crippen molar-refractivity contribution < 1.29 is 15.0 Å². The lowest BCUT2D eigenvalue weighted by atomic mass is 9.95. The van der Waals surface area contributed by atoms with E-state index < -0.39 is 6.10 Å². The van der Waals surface area contributed by atoms with Gasteiger partial charge in [-0.2, -0.15) is 5.10 Å². The van der Waals surface area contributed by atoms with Crippen molar-refractivity contribution >= 4 is 11.7 Å². The molecule has 0 aliphatic carbocycles. The fourth-order valence-corrected chi connectivity index (χ4v) is 2.95. The summed E-state index contributed by atoms with van der Waals surface area (Å²) in [6.07, 6.45) is -0.133. The predicted molar refractivity (Wildman–Crippen MR) is 85.5 cm³/mol. The van der Waals surface area contributed by atoms with Crippen molar-refractivity contribution in [3.05, 3.63) is 36.0 Å². The number of aliphatic hydroxyl groups excluding tert-OH is 2. The third-order valence-corrected chi connectivity index (χ3v) is 4.29. The Labute approximate surface area is 133 Å². The van der Waals surface area contributed by atoms with Crippen molar-refractivity contribution in [3.63, 3.8) is 0 Å². The molecule has 5 N–H and O–H groups in total. The summed E-state index contributed by atoms with van der Waals surface area (Å²) in [5, 5.41) is 25.9. The van der Waals surface area contributed by atoms with Crippen molar-refractivity contribution in [1.82, 2.24) is 15.1 Å². The average molecular weight is 316 g/mol. The first-order chi connectivity index (χ1) is 11.1. The van der Waals surface area contributed by atoms with E-state index in [4.69, 9.17) is 5.73 Å². The van der Waals surface area contributed by atoms with Crippen LogP contribution < -0.4 is 5.73 Å². The quantitative estimate of drug-likeness (QED) is 0.657. The second-order valence-electron chi connectivity index (χ2n) is 5.77. The molecule has 0 radical (unpaired) electrons. The van der Waals surface area contributed by atoms with Crippen molar-refractivity contribution in [2.24, 2.45) is 5.92 Å². The predicted octanol–water partition coefficient (Wildman–Crippen LogP) is 0.474. The molecule has 0 spiro atoms. The highest BCUT2D eigenvalue weighted by Gasteiger charge is 2.32. The van der Waals surface area contributed by atoms with Crippen LogP contribution in [0.3, 0.4) is 0 Å². The normalized spacial score (nSPS) is 21.4. The molecule has 1 aliphatic rings. The van der Waals surface area contributed by atoms with E-state index in [0.717, 1.165) is 5.56 Å². The van der Waals surface area contributed by atoms with Crippen LogP contribution in [0.25, 0.3) is 11.1 Å². The van der Waals surface area contributed by atoms with Crippen molar-refractivity contribution in [1.29, 1.82) is 0 Å². The first-order valence-corrected chi connectivity index (χ1v) is 7.59. The van der Waals surface area contributed by atoms with Crippen LogP contribution in [0.4, 0.5) is 5.82 Å². The first-order valence-electron chi connectivity index (χ1n) is 7.59. The van der Waals surface area contributed by atoms with Gasteiger partial charge in [0.2, 0.25) is 0 Å². The maximum atomic E-state index is 12.8. The van der Waals surface area contributed by atoms with E-state index in [1.165, 1.54) is 0 Å². The lowest BCUT2D eigenvalue weighted by Gasteiger charge is -2.35. The van der Waals surface area contributed by atoms with Gasteiger partial charge in [0.25, 0.3) is 5.91 Å². The highest BCUT2D eigenvalue weighted by atomic mass is 16.3. The monoisotopic (exact) mass is 316 g/mol. The number of carbonyl (C=O) groups is 1. The number of nitrogens with two attached hydrogens (primary N) is 1. The summed E-state index contributed by atoms with van der Waals surface area (Å²) in [7, 11) is 0. The molecule has 0 bridgehead atoms. The minimum absolute atomic E-state index is 0.151. The number of likely N-dealkylation sites (tertiary alicyclic amines) is 1. The smallest absolute Gasteiger partial charge is 0.272 e. The summed E-state index contributed by atoms with van der Waals surface area (Å²) < 4.78 is 0. The van der Waals surface area contributed by atoms with Crippen molar-refractivity contribution in [2.45, 2.75) is 12.5 Å². The summed E-state index contributed by atoms with van der Waals surface area (Å²) in [6, 6.07) is 9.37. The van der Waals surface area contributed by atoms with Crippen molar-refractivity contribution in [3.8, 4) is 11.1 Å². The summed E-state index contributed by atoms with van der Waals surface area (Å²) in [6.45, 7) is 0.592. The molecule has 2 aromatic rings. The summed E-state index contributed by atoms with van der Waals surface area (Å²) in [5.41, 5.74) is 7.66. The lowest BCUT2D eigenvalue weighted by Crippen LogP contribution is -2.47. The highest BCUT2D eigenvalue weighted by Crippen LogP contribution is 2.29. The lowest BCUT2D eigenvalue weighted by molar-refractivity contribution is 0.00326. The highest BCUT2D eigenvalue weighted by molar-refractivity contribution is 6.01. The number of aromatic nitrogens is 2. The Morgan fingerprint density at radius 3 is 2.83 bits per heavy atom. The molecule has 1 amide bonds. The van der Waals surface area contributed by atoms with Crippen LogP contribution in [0.1, 0.15) is 16.9 Å². The molecule has 7 nitrogen and oxygen atoms in total. The number of hydrogen-bond donors (Lipinski definition) is 4. The van der Waals surface area contributed by atoms with E-state index in [0.29, 0.717) is 30.8 Å². The van der Waals surface area contributed by atoms with E-state index in [1.807, 2.05) is 30.3 Å². The Kier molecular flexibility index (Phi) is 4.31. The number of anilines is 1. The summed E-state index contributed by atoms with van der Waals surface area (Å²) in [5.74, 6) is -0.276. The minimum Gasteiger partial charge on any atom is -0.396 e. The molecule has 0 saturated carbocycles. The molecule has 1 aliphatic heterocycles. The topological polar surface area (TPSA) is 115 Å². The van der Waals surface area contributed by atoms with Crippen LogP contribution in [0.2, 0.25) is 0 Å². The Morgan fingerprint density at radius 2 is 2.13 bits per heavy atom. The van der Waals surface area contributed by atoms with Crippen LogP contribution in [-0.2, 0) is 0 Å². The van der Waals surface area contributed by atoms with E-state index in [9.17, 15) is 15.0 Å². The number of rotatable bonds is 3. The van der Waals surface area contributed by atoms with Gasteiger partial charge in [0, 0.05) is 19.0 Å². The average Bonchev–Trinajstić information content (AvgIpc) is 2.97. The zero-order chi connectivity index (χ0) is 16.4. The molecule has 122 valence electrons. The molecule has 1 aromatic carbocycles. The number of piperidine rings is 1. The Bertz CT molecular complexity index is 686. The van der Waals surface area contributed by atoms with Crippen LogP contribution in [0.15, 0.2) is 30.3 Å². The van der Waals surface area contributed by atoms with Gasteiger partial charge in [-0.25, -0.2) is 0 Å². The molecule has 3 rings (SSSR count). The van der Waals surface area contributed by atoms with Gasteiger partial charge in [0.05, 0.1) is 18.3 Å². The summed E-state index contributed by atoms with van der Waals surface area (Å²) in [4.78, 5) is 14.4. The van der Waals surface area contributed by atoms with E-state index in [1.54, 1.807) is 4.90 Å². The van der Waals surface area contributed by atoms with Gasteiger partial charge < -0.3 is 20.8 Å². The number of benzene rings is 1. The number of nitrogens with one attached hydrogen (secondary N) is 1. The molecular formula is C16H20N4O3. The Balaban J connectivity index is 1.89. The van der Waals surface area contributed by atoms with Crippen LogP contribution in [0, 0.1) is 5.92 Å². The standard InChI is InChI=1S/C16H20N4O3/c17-15-13(10-4-2-1-3-5-10)14(18-19-15)16(23)20-7-6-12(22)11(8-20)9-21/h1-5,11-12,21-22H,6-9H2,(H3,17,18,19)/t11-,12-/m0/s1. The fraction of sp³-hybridized carbons (Fsp3) is 0.375. The van der Waals surface area contributed by atoms with Gasteiger partial charge in [-0.3, -0.25) is 9.89 Å². The van der Waals surface area contributed by atoms with Crippen molar-refractivity contribution in [2.75, 3.05) is 25.4 Å². The summed E-state index contributed by atoms with van der Waals surface area (Å²) >= 11 is 0. The number of aliphatic hydroxyl groups is 2. The second-order valence-corrected chi connectivity index (χ2v) is 5.77. The molecule has 0 unspecified atom stereocenters. The molecule has 7 heteroatoms. The number of nitrogen functional groups attached to an aromatic ring is 1. The van der Waals surface area contributed by atoms with Crippen LogP contribution in [-0.4, -0.2) is 57.0 Å². The van der Waals surface area contributed by atoms with Gasteiger partial charge in [0.15, 0.2) is 5.82 Å². The SMILES string of the molecule is Nc1n[nH]c(C(=O)N2CC[C@H](O)[C@H](CO)C2)c1-c1ccccc1. The second kappa shape index (κ2) is 6.39. The number of aromatic amines is 1. The number of carbonyl (C=O) groups excluding carboxylic acids is 1. The first kappa shape index (κ1) is 15.5. The molecule has 1 fully saturated rings. The molecule has 2 atom stereocenters. The maximum absolute atomic E-state index is 12.8. The van der Waals surface area contributed by atoms with Gasteiger partial charge >= 0.3 is 0 Å². The molecular weight excluding hydrogens is 296 g/mol. The number of hydrogen-bond acceptors (Lipinski definition) is 5. The zero-order valence-electron chi connectivity index (χ0n) is 12.6. The Morgan fingerprint density at radius 1 is 1.39 bits per heavy atom. The van der Waals surface area contributed by atoms with Gasteiger partial charge in [0.1, 0.15) is 5.69 Å². The van der Waals surface area contributed by atoms with Gasteiger partial charge in [-0.05, 0) is 12.0 Å². The van der Waals surface area contributed by atoms with E-state index in [-0.39, 0.29) is 24.2 Å². The zero-order valence-corrected chi connectivity index (χ0v) is 12.6. The van der Waals surface area contributed by atoms with Crippen LogP contribution in [0.5, 0.6) is 0 Å². The van der Waals surface area contributed by atoms with E-state index in [2.05, 4.69) is 10.2 Å².